The van der Waals surface area contributed by atoms with Crippen LogP contribution in [0.1, 0.15) is 44.7 Å². The van der Waals surface area contributed by atoms with Crippen molar-refractivity contribution in [3.8, 4) is 0 Å². The summed E-state index contributed by atoms with van der Waals surface area (Å²) in [5.41, 5.74) is 3.08. The predicted octanol–water partition coefficient (Wildman–Crippen LogP) is 6.01. The van der Waals surface area contributed by atoms with E-state index in [0.29, 0.717) is 15.7 Å². The molecule has 2 N–H and O–H groups in total. The van der Waals surface area contributed by atoms with Gasteiger partial charge in [-0.25, -0.2) is 0 Å². The molecule has 0 aromatic heterocycles. The Hall–Kier alpha value is -2.04. The zero-order chi connectivity index (χ0) is 20.2. The number of aliphatic carboxylic acids is 1. The Balaban J connectivity index is 2.38. The number of rotatable bonds is 7. The number of carbonyl (C=O) groups excluding carboxylic acids is 1. The van der Waals surface area contributed by atoms with Crippen LogP contribution < -0.4 is 5.32 Å². The van der Waals surface area contributed by atoms with Crippen LogP contribution in [-0.2, 0) is 21.4 Å². The SMILES string of the molecule is CC(C)(C)c1ccc(Nc2c(Cl)cccc2Cl)c(CC(=O)CCC(=O)O)c1. The second-order valence-corrected chi connectivity index (χ2v) is 8.27. The maximum Gasteiger partial charge on any atom is 0.303 e. The van der Waals surface area contributed by atoms with Gasteiger partial charge in [-0.05, 0) is 34.7 Å². The Morgan fingerprint density at radius 3 is 2.22 bits per heavy atom. The number of anilines is 2. The topological polar surface area (TPSA) is 66.4 Å². The number of benzene rings is 2. The Bertz CT molecular complexity index is 837. The van der Waals surface area contributed by atoms with Gasteiger partial charge >= 0.3 is 5.97 Å². The maximum absolute atomic E-state index is 12.3. The van der Waals surface area contributed by atoms with Gasteiger partial charge in [0, 0.05) is 18.5 Å². The molecule has 0 saturated carbocycles. The lowest BCUT2D eigenvalue weighted by Crippen LogP contribution is -2.14. The minimum absolute atomic E-state index is 0.00136. The number of ketones is 1. The maximum atomic E-state index is 12.3. The van der Waals surface area contributed by atoms with E-state index in [1.807, 2.05) is 18.2 Å². The molecule has 0 spiro atoms. The molecule has 0 aliphatic rings. The van der Waals surface area contributed by atoms with Crippen LogP contribution in [0.25, 0.3) is 0 Å². The van der Waals surface area contributed by atoms with Gasteiger partial charge in [0.05, 0.1) is 22.2 Å². The van der Waals surface area contributed by atoms with Crippen LogP contribution in [-0.4, -0.2) is 16.9 Å². The molecule has 2 aromatic rings. The standard InChI is InChI=1S/C21H23Cl2NO3/c1-21(2,3)14-7-9-18(24-20-16(22)5-4-6-17(20)23)13(11-14)12-15(25)8-10-19(26)27/h4-7,9,11,24H,8,10,12H2,1-3H3,(H,26,27). The summed E-state index contributed by atoms with van der Waals surface area (Å²) >= 11 is 12.5. The molecule has 0 aliphatic heterocycles. The lowest BCUT2D eigenvalue weighted by atomic mass is 9.85. The van der Waals surface area contributed by atoms with Crippen LogP contribution >= 0.6 is 23.2 Å². The summed E-state index contributed by atoms with van der Waals surface area (Å²) in [5, 5.41) is 13.0. The number of nitrogens with one attached hydrogen (secondary N) is 1. The van der Waals surface area contributed by atoms with Gasteiger partial charge in [0.1, 0.15) is 5.78 Å². The van der Waals surface area contributed by atoms with Crippen LogP contribution in [0.15, 0.2) is 36.4 Å². The molecule has 0 saturated heterocycles. The normalized spacial score (nSPS) is 11.3. The first kappa shape index (κ1) is 21.3. The van der Waals surface area contributed by atoms with E-state index in [-0.39, 0.29) is 30.5 Å². The van der Waals surface area contributed by atoms with E-state index in [0.717, 1.165) is 16.8 Å². The first-order chi connectivity index (χ1) is 12.6. The highest BCUT2D eigenvalue weighted by molar-refractivity contribution is 6.39. The Morgan fingerprint density at radius 2 is 1.67 bits per heavy atom. The molecule has 6 heteroatoms. The van der Waals surface area contributed by atoms with E-state index < -0.39 is 5.97 Å². The van der Waals surface area contributed by atoms with Gasteiger partial charge < -0.3 is 10.4 Å². The number of Topliss-reactive ketones (excluding diaryl/α,β-unsaturated/α-hetero) is 1. The molecule has 2 rings (SSSR count). The fourth-order valence-electron chi connectivity index (χ4n) is 2.63. The van der Waals surface area contributed by atoms with Gasteiger partial charge in [0.2, 0.25) is 0 Å². The smallest absolute Gasteiger partial charge is 0.303 e. The number of carboxylic acids is 1. The third-order valence-corrected chi connectivity index (χ3v) is 4.83. The van der Waals surface area contributed by atoms with Gasteiger partial charge in [-0.1, -0.05) is 62.2 Å². The fraction of sp³-hybridized carbons (Fsp3) is 0.333. The third kappa shape index (κ3) is 5.98. The molecule has 27 heavy (non-hydrogen) atoms. The Labute approximate surface area is 169 Å². The summed E-state index contributed by atoms with van der Waals surface area (Å²) in [6, 6.07) is 11.1. The fourth-order valence-corrected chi connectivity index (χ4v) is 3.12. The highest BCUT2D eigenvalue weighted by Crippen LogP contribution is 2.35. The minimum Gasteiger partial charge on any atom is -0.481 e. The van der Waals surface area contributed by atoms with Crippen LogP contribution in [0.4, 0.5) is 11.4 Å². The Morgan fingerprint density at radius 1 is 1.04 bits per heavy atom. The van der Waals surface area contributed by atoms with Crippen molar-refractivity contribution in [1.29, 1.82) is 0 Å². The average molecular weight is 408 g/mol. The predicted molar refractivity (Wildman–Crippen MR) is 110 cm³/mol. The summed E-state index contributed by atoms with van der Waals surface area (Å²) in [7, 11) is 0. The van der Waals surface area contributed by atoms with Gasteiger partial charge in [0.25, 0.3) is 0 Å². The molecule has 0 amide bonds. The summed E-state index contributed by atoms with van der Waals surface area (Å²) in [4.78, 5) is 23.0. The van der Waals surface area contributed by atoms with Gasteiger partial charge in [-0.2, -0.15) is 0 Å². The van der Waals surface area contributed by atoms with Crippen LogP contribution in [0.2, 0.25) is 10.0 Å². The second-order valence-electron chi connectivity index (χ2n) is 7.45. The lowest BCUT2D eigenvalue weighted by Gasteiger charge is -2.22. The summed E-state index contributed by atoms with van der Waals surface area (Å²) in [6.07, 6.45) is -0.0279. The highest BCUT2D eigenvalue weighted by atomic mass is 35.5. The number of carboxylic acid groups (broad SMARTS) is 1. The number of hydrogen-bond acceptors (Lipinski definition) is 3. The summed E-state index contributed by atoms with van der Waals surface area (Å²) in [5.74, 6) is -1.11. The van der Waals surface area contributed by atoms with Crippen molar-refractivity contribution in [3.05, 3.63) is 57.6 Å². The van der Waals surface area contributed by atoms with Crippen LogP contribution in [0.5, 0.6) is 0 Å². The van der Waals surface area contributed by atoms with Crippen molar-refractivity contribution in [2.24, 2.45) is 0 Å². The first-order valence-corrected chi connectivity index (χ1v) is 9.41. The van der Waals surface area contributed by atoms with Gasteiger partial charge in [-0.15, -0.1) is 0 Å². The van der Waals surface area contributed by atoms with Crippen LogP contribution in [0.3, 0.4) is 0 Å². The van der Waals surface area contributed by atoms with Crippen molar-refractivity contribution in [3.63, 3.8) is 0 Å². The zero-order valence-electron chi connectivity index (χ0n) is 15.6. The zero-order valence-corrected chi connectivity index (χ0v) is 17.1. The molecule has 0 atom stereocenters. The van der Waals surface area contributed by atoms with Crippen molar-refractivity contribution >= 4 is 46.3 Å². The highest BCUT2D eigenvalue weighted by Gasteiger charge is 2.18. The number of halogens is 2. The molecule has 0 unspecified atom stereocenters. The quantitative estimate of drug-likeness (QED) is 0.589. The van der Waals surface area contributed by atoms with E-state index in [1.54, 1.807) is 18.2 Å². The van der Waals surface area contributed by atoms with Gasteiger partial charge in [-0.3, -0.25) is 9.59 Å². The lowest BCUT2D eigenvalue weighted by molar-refractivity contribution is -0.138. The van der Waals surface area contributed by atoms with Crippen molar-refractivity contribution in [1.82, 2.24) is 0 Å². The molecular formula is C21H23Cl2NO3. The number of para-hydroxylation sites is 1. The average Bonchev–Trinajstić information content (AvgIpc) is 2.56. The molecular weight excluding hydrogens is 385 g/mol. The van der Waals surface area contributed by atoms with Crippen molar-refractivity contribution < 1.29 is 14.7 Å². The largest absolute Gasteiger partial charge is 0.481 e. The molecule has 0 bridgehead atoms. The van der Waals surface area contributed by atoms with E-state index in [1.165, 1.54) is 0 Å². The second kappa shape index (κ2) is 8.77. The molecule has 2 aromatic carbocycles. The molecule has 144 valence electrons. The molecule has 4 nitrogen and oxygen atoms in total. The third-order valence-electron chi connectivity index (χ3n) is 4.20. The summed E-state index contributed by atoms with van der Waals surface area (Å²) < 4.78 is 0. The minimum atomic E-state index is -0.979. The molecule has 0 radical (unpaired) electrons. The molecule has 0 fully saturated rings. The molecule has 0 aliphatic carbocycles. The van der Waals surface area contributed by atoms with E-state index in [4.69, 9.17) is 28.3 Å². The van der Waals surface area contributed by atoms with Gasteiger partial charge in [0.15, 0.2) is 0 Å². The van der Waals surface area contributed by atoms with E-state index >= 15 is 0 Å². The van der Waals surface area contributed by atoms with E-state index in [9.17, 15) is 9.59 Å². The number of carbonyl (C=O) groups is 2. The Kier molecular flexibility index (Phi) is 6.90. The van der Waals surface area contributed by atoms with Crippen molar-refractivity contribution in [2.45, 2.75) is 45.4 Å². The van der Waals surface area contributed by atoms with Crippen LogP contribution in [0, 0.1) is 0 Å². The monoisotopic (exact) mass is 407 g/mol. The first-order valence-electron chi connectivity index (χ1n) is 8.66. The van der Waals surface area contributed by atoms with Crippen molar-refractivity contribution in [2.75, 3.05) is 5.32 Å². The van der Waals surface area contributed by atoms with E-state index in [2.05, 4.69) is 26.1 Å². The molecule has 0 heterocycles. The number of hydrogen-bond donors (Lipinski definition) is 2. The summed E-state index contributed by atoms with van der Waals surface area (Å²) in [6.45, 7) is 6.28.